The van der Waals surface area contributed by atoms with Crippen LogP contribution in [0.3, 0.4) is 0 Å². The Balaban J connectivity index is 1.99. The van der Waals surface area contributed by atoms with Gasteiger partial charge in [-0.25, -0.2) is 0 Å². The molecule has 5 nitrogen and oxygen atoms in total. The lowest BCUT2D eigenvalue weighted by Gasteiger charge is -2.25. The van der Waals surface area contributed by atoms with E-state index in [-0.39, 0.29) is 17.9 Å². The number of anilines is 1. The summed E-state index contributed by atoms with van der Waals surface area (Å²) in [5, 5.41) is 13.0. The molecule has 0 saturated heterocycles. The van der Waals surface area contributed by atoms with Crippen LogP contribution in [0.2, 0.25) is 0 Å². The van der Waals surface area contributed by atoms with E-state index in [0.717, 1.165) is 18.4 Å². The first-order chi connectivity index (χ1) is 10.8. The highest BCUT2D eigenvalue weighted by atomic mass is 16.3. The van der Waals surface area contributed by atoms with Gasteiger partial charge in [-0.1, -0.05) is 12.1 Å². The fourth-order valence-corrected chi connectivity index (χ4v) is 2.98. The third-order valence-electron chi connectivity index (χ3n) is 4.45. The standard InChI is InChI=1S/C18H26N2O3/c1-13(2)20(14(3)21)12-15-6-8-16(9-7-15)19-17(22)18(23)10-4-5-11-18/h6-9,13,23H,4-5,10-12H2,1-3H3,(H,19,22). The van der Waals surface area contributed by atoms with Crippen molar-refractivity contribution in [2.45, 2.75) is 64.6 Å². The predicted octanol–water partition coefficient (Wildman–Crippen LogP) is 2.69. The molecular formula is C18H26N2O3. The number of carbonyl (C=O) groups is 2. The summed E-state index contributed by atoms with van der Waals surface area (Å²) in [6.45, 7) is 6.08. The van der Waals surface area contributed by atoms with Crippen LogP contribution in [-0.2, 0) is 16.1 Å². The minimum atomic E-state index is -1.22. The van der Waals surface area contributed by atoms with Gasteiger partial charge in [0, 0.05) is 25.2 Å². The van der Waals surface area contributed by atoms with Gasteiger partial charge in [0.05, 0.1) is 0 Å². The molecule has 2 rings (SSSR count). The van der Waals surface area contributed by atoms with Crippen LogP contribution >= 0.6 is 0 Å². The summed E-state index contributed by atoms with van der Waals surface area (Å²) in [6.07, 6.45) is 2.83. The molecule has 126 valence electrons. The normalized spacial score (nSPS) is 16.4. The number of carbonyl (C=O) groups excluding carboxylic acids is 2. The van der Waals surface area contributed by atoms with Crippen LogP contribution in [0.25, 0.3) is 0 Å². The van der Waals surface area contributed by atoms with Gasteiger partial charge in [-0.15, -0.1) is 0 Å². The van der Waals surface area contributed by atoms with Crippen molar-refractivity contribution < 1.29 is 14.7 Å². The zero-order valence-electron chi connectivity index (χ0n) is 14.1. The van der Waals surface area contributed by atoms with Gasteiger partial charge in [0.2, 0.25) is 5.91 Å². The van der Waals surface area contributed by atoms with Crippen molar-refractivity contribution in [1.29, 1.82) is 0 Å². The molecule has 0 aliphatic heterocycles. The van der Waals surface area contributed by atoms with E-state index in [9.17, 15) is 14.7 Å². The zero-order valence-corrected chi connectivity index (χ0v) is 14.1. The molecule has 1 aliphatic carbocycles. The highest BCUT2D eigenvalue weighted by molar-refractivity contribution is 5.97. The first-order valence-electron chi connectivity index (χ1n) is 8.22. The Labute approximate surface area is 137 Å². The van der Waals surface area contributed by atoms with Gasteiger partial charge in [-0.2, -0.15) is 0 Å². The van der Waals surface area contributed by atoms with Crippen molar-refractivity contribution in [3.05, 3.63) is 29.8 Å². The van der Waals surface area contributed by atoms with E-state index in [4.69, 9.17) is 0 Å². The third-order valence-corrected chi connectivity index (χ3v) is 4.45. The van der Waals surface area contributed by atoms with E-state index in [2.05, 4.69) is 5.32 Å². The highest BCUT2D eigenvalue weighted by Gasteiger charge is 2.38. The Kier molecular flexibility index (Phi) is 5.42. The van der Waals surface area contributed by atoms with Gasteiger partial charge in [0.1, 0.15) is 5.60 Å². The van der Waals surface area contributed by atoms with Crippen LogP contribution in [-0.4, -0.2) is 33.5 Å². The van der Waals surface area contributed by atoms with Crippen molar-refractivity contribution >= 4 is 17.5 Å². The number of rotatable bonds is 5. The van der Waals surface area contributed by atoms with Crippen molar-refractivity contribution in [2.75, 3.05) is 5.32 Å². The van der Waals surface area contributed by atoms with E-state index >= 15 is 0 Å². The van der Waals surface area contributed by atoms with Gasteiger partial charge < -0.3 is 15.3 Å². The maximum atomic E-state index is 12.2. The molecule has 0 unspecified atom stereocenters. The lowest BCUT2D eigenvalue weighted by molar-refractivity contribution is -0.133. The van der Waals surface area contributed by atoms with Gasteiger partial charge >= 0.3 is 0 Å². The highest BCUT2D eigenvalue weighted by Crippen LogP contribution is 2.30. The number of nitrogens with one attached hydrogen (secondary N) is 1. The largest absolute Gasteiger partial charge is 0.380 e. The smallest absolute Gasteiger partial charge is 0.256 e. The minimum absolute atomic E-state index is 0.0424. The molecule has 0 radical (unpaired) electrons. The molecular weight excluding hydrogens is 292 g/mol. The lowest BCUT2D eigenvalue weighted by atomic mass is 10.0. The molecule has 23 heavy (non-hydrogen) atoms. The molecule has 0 aromatic heterocycles. The molecule has 5 heteroatoms. The summed E-state index contributed by atoms with van der Waals surface area (Å²) in [4.78, 5) is 25.6. The van der Waals surface area contributed by atoms with E-state index in [1.165, 1.54) is 0 Å². The molecule has 2 N–H and O–H groups in total. The van der Waals surface area contributed by atoms with Crippen molar-refractivity contribution in [1.82, 2.24) is 4.90 Å². The Morgan fingerprint density at radius 2 is 1.78 bits per heavy atom. The molecule has 0 atom stereocenters. The van der Waals surface area contributed by atoms with E-state index in [0.29, 0.717) is 25.1 Å². The Morgan fingerprint density at radius 3 is 2.26 bits per heavy atom. The summed E-state index contributed by atoms with van der Waals surface area (Å²) in [6, 6.07) is 7.55. The van der Waals surface area contributed by atoms with Crippen molar-refractivity contribution in [3.8, 4) is 0 Å². The quantitative estimate of drug-likeness (QED) is 0.877. The van der Waals surface area contributed by atoms with E-state index in [1.807, 2.05) is 38.1 Å². The lowest BCUT2D eigenvalue weighted by Crippen LogP contribution is -2.40. The number of hydrogen-bond donors (Lipinski definition) is 2. The van der Waals surface area contributed by atoms with Crippen molar-refractivity contribution in [2.24, 2.45) is 0 Å². The molecule has 1 aromatic rings. The first kappa shape index (κ1) is 17.5. The molecule has 1 aromatic carbocycles. The molecule has 2 amide bonds. The summed E-state index contributed by atoms with van der Waals surface area (Å²) in [7, 11) is 0. The van der Waals surface area contributed by atoms with Gasteiger partial charge in [0.15, 0.2) is 0 Å². The second-order valence-electron chi connectivity index (χ2n) is 6.63. The number of aliphatic hydroxyl groups is 1. The van der Waals surface area contributed by atoms with E-state index in [1.54, 1.807) is 11.8 Å². The number of benzene rings is 1. The van der Waals surface area contributed by atoms with Crippen LogP contribution in [0, 0.1) is 0 Å². The summed E-state index contributed by atoms with van der Waals surface area (Å²) in [5.74, 6) is -0.281. The second kappa shape index (κ2) is 7.13. The Hall–Kier alpha value is -1.88. The number of nitrogens with zero attached hydrogens (tertiary/aromatic N) is 1. The monoisotopic (exact) mass is 318 g/mol. The van der Waals surface area contributed by atoms with Crippen LogP contribution in [0.4, 0.5) is 5.69 Å². The Morgan fingerprint density at radius 1 is 1.22 bits per heavy atom. The molecule has 1 saturated carbocycles. The van der Waals surface area contributed by atoms with Gasteiger partial charge in [-0.05, 0) is 57.2 Å². The summed E-state index contributed by atoms with van der Waals surface area (Å²) < 4.78 is 0. The predicted molar refractivity (Wildman–Crippen MR) is 89.8 cm³/mol. The van der Waals surface area contributed by atoms with Crippen LogP contribution in [0.15, 0.2) is 24.3 Å². The van der Waals surface area contributed by atoms with Crippen LogP contribution in [0.5, 0.6) is 0 Å². The number of hydrogen-bond acceptors (Lipinski definition) is 3. The molecule has 0 heterocycles. The maximum Gasteiger partial charge on any atom is 0.256 e. The first-order valence-corrected chi connectivity index (χ1v) is 8.22. The summed E-state index contributed by atoms with van der Waals surface area (Å²) >= 11 is 0. The fourth-order valence-electron chi connectivity index (χ4n) is 2.98. The maximum absolute atomic E-state index is 12.2. The molecule has 0 spiro atoms. The Bertz CT molecular complexity index is 560. The average molecular weight is 318 g/mol. The molecule has 1 aliphatic rings. The van der Waals surface area contributed by atoms with E-state index < -0.39 is 5.60 Å². The minimum Gasteiger partial charge on any atom is -0.380 e. The molecule has 0 bridgehead atoms. The second-order valence-corrected chi connectivity index (χ2v) is 6.63. The number of amides is 2. The van der Waals surface area contributed by atoms with Crippen LogP contribution < -0.4 is 5.32 Å². The zero-order chi connectivity index (χ0) is 17.0. The average Bonchev–Trinajstić information content (AvgIpc) is 2.94. The van der Waals surface area contributed by atoms with Crippen LogP contribution in [0.1, 0.15) is 52.0 Å². The SMILES string of the molecule is CC(=O)N(Cc1ccc(NC(=O)C2(O)CCCC2)cc1)C(C)C. The van der Waals surface area contributed by atoms with Crippen molar-refractivity contribution in [3.63, 3.8) is 0 Å². The van der Waals surface area contributed by atoms with Gasteiger partial charge in [-0.3, -0.25) is 9.59 Å². The molecule has 1 fully saturated rings. The third kappa shape index (κ3) is 4.32. The van der Waals surface area contributed by atoms with Gasteiger partial charge in [0.25, 0.3) is 5.91 Å². The topological polar surface area (TPSA) is 69.6 Å². The fraction of sp³-hybridized carbons (Fsp3) is 0.556. The summed E-state index contributed by atoms with van der Waals surface area (Å²) in [5.41, 5.74) is 0.450.